The van der Waals surface area contributed by atoms with Crippen molar-refractivity contribution in [1.82, 2.24) is 9.78 Å². The van der Waals surface area contributed by atoms with Crippen molar-refractivity contribution < 1.29 is 9.18 Å². The van der Waals surface area contributed by atoms with Crippen LogP contribution in [0.5, 0.6) is 0 Å². The van der Waals surface area contributed by atoms with Crippen molar-refractivity contribution in [1.29, 1.82) is 0 Å². The van der Waals surface area contributed by atoms with Crippen molar-refractivity contribution in [3.63, 3.8) is 0 Å². The van der Waals surface area contributed by atoms with Crippen molar-refractivity contribution in [3.8, 4) is 0 Å². The number of halogens is 1. The van der Waals surface area contributed by atoms with Gasteiger partial charge in [-0.2, -0.15) is 5.10 Å². The Morgan fingerprint density at radius 2 is 2.31 bits per heavy atom. The van der Waals surface area contributed by atoms with Gasteiger partial charge in [0.25, 0.3) is 0 Å². The highest BCUT2D eigenvalue weighted by Crippen LogP contribution is 2.16. The minimum atomic E-state index is -0.504. The van der Waals surface area contributed by atoms with Crippen LogP contribution in [0.15, 0.2) is 18.3 Å². The third-order valence-corrected chi connectivity index (χ3v) is 1.99. The summed E-state index contributed by atoms with van der Waals surface area (Å²) in [7, 11) is 1.74. The Morgan fingerprint density at radius 1 is 1.54 bits per heavy atom. The van der Waals surface area contributed by atoms with E-state index in [9.17, 15) is 9.18 Å². The van der Waals surface area contributed by atoms with E-state index in [0.717, 1.165) is 5.52 Å². The summed E-state index contributed by atoms with van der Waals surface area (Å²) >= 11 is 0. The van der Waals surface area contributed by atoms with Gasteiger partial charge >= 0.3 is 0 Å². The molecule has 0 N–H and O–H groups in total. The lowest BCUT2D eigenvalue weighted by Crippen LogP contribution is -1.92. The zero-order chi connectivity index (χ0) is 9.42. The first-order valence-corrected chi connectivity index (χ1v) is 3.79. The number of benzene rings is 1. The molecule has 0 bridgehead atoms. The van der Waals surface area contributed by atoms with Crippen molar-refractivity contribution in [2.75, 3.05) is 0 Å². The molecule has 0 aliphatic heterocycles. The Morgan fingerprint density at radius 3 is 3.00 bits per heavy atom. The second-order valence-corrected chi connectivity index (χ2v) is 2.82. The number of carbonyl (C=O) groups excluding carboxylic acids is 1. The third-order valence-electron chi connectivity index (χ3n) is 1.99. The SMILES string of the molecule is Cn1ncc2cc(F)c(C=O)cc21. The van der Waals surface area contributed by atoms with Gasteiger partial charge in [0.05, 0.1) is 17.3 Å². The van der Waals surface area contributed by atoms with Crippen LogP contribution in [-0.2, 0) is 7.05 Å². The maximum Gasteiger partial charge on any atom is 0.153 e. The van der Waals surface area contributed by atoms with Gasteiger partial charge in [0.15, 0.2) is 6.29 Å². The summed E-state index contributed by atoms with van der Waals surface area (Å²) in [5.41, 5.74) is 0.819. The first kappa shape index (κ1) is 7.91. The lowest BCUT2D eigenvalue weighted by Gasteiger charge is -1.96. The Balaban J connectivity index is 2.84. The molecule has 0 spiro atoms. The molecule has 2 rings (SSSR count). The fourth-order valence-electron chi connectivity index (χ4n) is 1.28. The van der Waals surface area contributed by atoms with Crippen LogP contribution < -0.4 is 0 Å². The summed E-state index contributed by atoms with van der Waals surface area (Å²) in [6, 6.07) is 2.80. The predicted octanol–water partition coefficient (Wildman–Crippen LogP) is 1.52. The van der Waals surface area contributed by atoms with Crippen LogP contribution in [0.1, 0.15) is 10.4 Å². The van der Waals surface area contributed by atoms with Gasteiger partial charge in [-0.3, -0.25) is 9.48 Å². The molecule has 2 aromatic rings. The van der Waals surface area contributed by atoms with Gasteiger partial charge in [0, 0.05) is 12.4 Å². The second-order valence-electron chi connectivity index (χ2n) is 2.82. The third kappa shape index (κ3) is 1.11. The predicted molar refractivity (Wildman–Crippen MR) is 46.1 cm³/mol. The summed E-state index contributed by atoms with van der Waals surface area (Å²) in [4.78, 5) is 10.4. The molecule has 1 aromatic carbocycles. The van der Waals surface area contributed by atoms with E-state index >= 15 is 0 Å². The zero-order valence-corrected chi connectivity index (χ0v) is 6.99. The average molecular weight is 178 g/mol. The van der Waals surface area contributed by atoms with E-state index in [1.165, 1.54) is 12.1 Å². The van der Waals surface area contributed by atoms with Crippen molar-refractivity contribution in [2.45, 2.75) is 0 Å². The van der Waals surface area contributed by atoms with E-state index in [2.05, 4.69) is 5.10 Å². The molecule has 13 heavy (non-hydrogen) atoms. The van der Waals surface area contributed by atoms with E-state index in [1.54, 1.807) is 17.9 Å². The topological polar surface area (TPSA) is 34.9 Å². The minimum Gasteiger partial charge on any atom is -0.298 e. The second kappa shape index (κ2) is 2.65. The van der Waals surface area contributed by atoms with Crippen LogP contribution >= 0.6 is 0 Å². The van der Waals surface area contributed by atoms with Gasteiger partial charge < -0.3 is 0 Å². The number of nitrogens with zero attached hydrogens (tertiary/aromatic N) is 2. The van der Waals surface area contributed by atoms with E-state index in [4.69, 9.17) is 0 Å². The molecule has 0 fully saturated rings. The van der Waals surface area contributed by atoms with Crippen LogP contribution in [0.25, 0.3) is 10.9 Å². The number of rotatable bonds is 1. The quantitative estimate of drug-likeness (QED) is 0.620. The monoisotopic (exact) mass is 178 g/mol. The summed E-state index contributed by atoms with van der Waals surface area (Å²) in [5, 5.41) is 4.65. The normalized spacial score (nSPS) is 10.6. The highest BCUT2D eigenvalue weighted by molar-refractivity contribution is 5.86. The van der Waals surface area contributed by atoms with Gasteiger partial charge in [-0.15, -0.1) is 0 Å². The van der Waals surface area contributed by atoms with E-state index in [1.807, 2.05) is 0 Å². The van der Waals surface area contributed by atoms with E-state index < -0.39 is 5.82 Å². The first-order chi connectivity index (χ1) is 6.22. The lowest BCUT2D eigenvalue weighted by molar-refractivity contribution is 0.112. The molecular weight excluding hydrogens is 171 g/mol. The average Bonchev–Trinajstić information content (AvgIpc) is 2.46. The van der Waals surface area contributed by atoms with Gasteiger partial charge in [-0.05, 0) is 12.1 Å². The molecule has 0 saturated carbocycles. The van der Waals surface area contributed by atoms with Gasteiger partial charge in [-0.25, -0.2) is 4.39 Å². The fraction of sp³-hybridized carbons (Fsp3) is 0.111. The van der Waals surface area contributed by atoms with Crippen LogP contribution in [0, 0.1) is 5.82 Å². The summed E-state index contributed by atoms with van der Waals surface area (Å²) in [6.07, 6.45) is 2.06. The molecule has 66 valence electrons. The summed E-state index contributed by atoms with van der Waals surface area (Å²) < 4.78 is 14.7. The van der Waals surface area contributed by atoms with E-state index in [0.29, 0.717) is 11.7 Å². The Hall–Kier alpha value is -1.71. The molecule has 0 saturated heterocycles. The molecule has 1 heterocycles. The van der Waals surface area contributed by atoms with Crippen LogP contribution in [0.3, 0.4) is 0 Å². The molecule has 0 aliphatic carbocycles. The van der Waals surface area contributed by atoms with E-state index in [-0.39, 0.29) is 5.56 Å². The molecule has 4 heteroatoms. The summed E-state index contributed by atoms with van der Waals surface area (Å²) in [5.74, 6) is -0.504. The van der Waals surface area contributed by atoms with Crippen molar-refractivity contribution in [2.24, 2.45) is 7.05 Å². The molecular formula is C9H7FN2O. The van der Waals surface area contributed by atoms with Gasteiger partial charge in [0.1, 0.15) is 5.82 Å². The molecule has 0 amide bonds. The highest BCUT2D eigenvalue weighted by Gasteiger charge is 2.06. The number of aldehydes is 1. The lowest BCUT2D eigenvalue weighted by atomic mass is 10.2. The number of fused-ring (bicyclic) bond motifs is 1. The number of carbonyl (C=O) groups is 1. The Bertz CT molecular complexity index is 476. The first-order valence-electron chi connectivity index (χ1n) is 3.79. The van der Waals surface area contributed by atoms with Crippen LogP contribution in [0.4, 0.5) is 4.39 Å². The van der Waals surface area contributed by atoms with Crippen molar-refractivity contribution >= 4 is 17.2 Å². The largest absolute Gasteiger partial charge is 0.298 e. The number of hydrogen-bond acceptors (Lipinski definition) is 2. The maximum absolute atomic E-state index is 13.1. The van der Waals surface area contributed by atoms with Crippen molar-refractivity contribution in [3.05, 3.63) is 29.7 Å². The molecule has 0 atom stereocenters. The Kier molecular flexibility index (Phi) is 1.62. The minimum absolute atomic E-state index is 0.0658. The zero-order valence-electron chi connectivity index (χ0n) is 6.99. The summed E-state index contributed by atoms with van der Waals surface area (Å²) in [6.45, 7) is 0. The Labute approximate surface area is 73.8 Å². The molecule has 3 nitrogen and oxygen atoms in total. The maximum atomic E-state index is 13.1. The standard InChI is InChI=1S/C9H7FN2O/c1-12-9-3-7(5-13)8(10)2-6(9)4-11-12/h2-5H,1H3. The molecule has 1 aromatic heterocycles. The van der Waals surface area contributed by atoms with Gasteiger partial charge in [0.2, 0.25) is 0 Å². The smallest absolute Gasteiger partial charge is 0.153 e. The van der Waals surface area contributed by atoms with Crippen LogP contribution in [-0.4, -0.2) is 16.1 Å². The fourth-order valence-corrected chi connectivity index (χ4v) is 1.28. The number of hydrogen-bond donors (Lipinski definition) is 0. The highest BCUT2D eigenvalue weighted by atomic mass is 19.1. The number of aromatic nitrogens is 2. The van der Waals surface area contributed by atoms with Gasteiger partial charge in [-0.1, -0.05) is 0 Å². The molecule has 0 unspecified atom stereocenters. The molecule has 0 aliphatic rings. The number of aryl methyl sites for hydroxylation is 1. The molecule has 0 radical (unpaired) electrons. The van der Waals surface area contributed by atoms with Crippen LogP contribution in [0.2, 0.25) is 0 Å².